The first-order valence-corrected chi connectivity index (χ1v) is 8.00. The molecule has 0 saturated carbocycles. The predicted molar refractivity (Wildman–Crippen MR) is 84.0 cm³/mol. The molecule has 2 fully saturated rings. The Kier molecular flexibility index (Phi) is 4.73. The smallest absolute Gasteiger partial charge is 0.227 e. The number of likely N-dealkylation sites (tertiary alicyclic amines) is 1. The lowest BCUT2D eigenvalue weighted by molar-refractivity contribution is -0.138. The Morgan fingerprint density at radius 2 is 1.82 bits per heavy atom. The van der Waals surface area contributed by atoms with Crippen molar-refractivity contribution in [1.82, 2.24) is 14.7 Å². The highest BCUT2D eigenvalue weighted by molar-refractivity contribution is 5.79. The molecule has 2 aliphatic rings. The summed E-state index contributed by atoms with van der Waals surface area (Å²) in [5.74, 6) is 0.382. The quantitative estimate of drug-likeness (QED) is 0.773. The maximum atomic E-state index is 12.6. The van der Waals surface area contributed by atoms with Crippen LogP contribution in [0.2, 0.25) is 0 Å². The topological polar surface area (TPSA) is 43.9 Å². The lowest BCUT2D eigenvalue weighted by Gasteiger charge is -2.34. The third kappa shape index (κ3) is 3.47. The van der Waals surface area contributed by atoms with Crippen LogP contribution in [-0.2, 0) is 16.1 Å². The van der Waals surface area contributed by atoms with Crippen molar-refractivity contribution >= 4 is 12.3 Å². The van der Waals surface area contributed by atoms with Crippen molar-refractivity contribution in [2.45, 2.75) is 13.0 Å². The van der Waals surface area contributed by atoms with E-state index >= 15 is 0 Å². The van der Waals surface area contributed by atoms with Crippen molar-refractivity contribution in [1.29, 1.82) is 0 Å². The second-order valence-corrected chi connectivity index (χ2v) is 6.17. The van der Waals surface area contributed by atoms with Crippen molar-refractivity contribution in [3.8, 4) is 0 Å². The third-order valence-electron chi connectivity index (χ3n) is 4.65. The summed E-state index contributed by atoms with van der Waals surface area (Å²) in [4.78, 5) is 29.3. The lowest BCUT2D eigenvalue weighted by atomic mass is 10.1. The van der Waals surface area contributed by atoms with Gasteiger partial charge in [0.25, 0.3) is 0 Å². The molecule has 118 valence electrons. The summed E-state index contributed by atoms with van der Waals surface area (Å²) in [6, 6.07) is 10.4. The zero-order valence-corrected chi connectivity index (χ0v) is 12.9. The van der Waals surface area contributed by atoms with Gasteiger partial charge in [-0.15, -0.1) is 0 Å². The van der Waals surface area contributed by atoms with Crippen molar-refractivity contribution < 1.29 is 9.59 Å². The highest BCUT2D eigenvalue weighted by atomic mass is 16.2. The Morgan fingerprint density at radius 1 is 1.09 bits per heavy atom. The van der Waals surface area contributed by atoms with Crippen molar-refractivity contribution in [3.05, 3.63) is 35.9 Å². The molecule has 0 aromatic heterocycles. The molecule has 3 rings (SSSR count). The summed E-state index contributed by atoms with van der Waals surface area (Å²) in [5.41, 5.74) is 1.30. The van der Waals surface area contributed by atoms with Crippen molar-refractivity contribution in [2.75, 3.05) is 39.3 Å². The molecule has 2 saturated heterocycles. The van der Waals surface area contributed by atoms with E-state index in [4.69, 9.17) is 0 Å². The van der Waals surface area contributed by atoms with Crippen molar-refractivity contribution in [3.63, 3.8) is 0 Å². The van der Waals surface area contributed by atoms with Gasteiger partial charge in [0, 0.05) is 39.3 Å². The second kappa shape index (κ2) is 6.92. The Bertz CT molecular complexity index is 512. The maximum absolute atomic E-state index is 12.6. The molecule has 0 spiro atoms. The van der Waals surface area contributed by atoms with Crippen LogP contribution in [0.4, 0.5) is 0 Å². The number of piperazine rings is 1. The third-order valence-corrected chi connectivity index (χ3v) is 4.65. The zero-order valence-electron chi connectivity index (χ0n) is 12.9. The fraction of sp³-hybridized carbons (Fsp3) is 0.529. The van der Waals surface area contributed by atoms with E-state index in [1.165, 1.54) is 5.56 Å². The molecule has 2 heterocycles. The van der Waals surface area contributed by atoms with Gasteiger partial charge in [0.05, 0.1) is 5.92 Å². The molecule has 0 N–H and O–H groups in total. The van der Waals surface area contributed by atoms with Gasteiger partial charge < -0.3 is 9.80 Å². The number of carbonyl (C=O) groups is 2. The molecular weight excluding hydrogens is 278 g/mol. The Hall–Kier alpha value is -1.88. The van der Waals surface area contributed by atoms with Gasteiger partial charge in [-0.3, -0.25) is 14.5 Å². The van der Waals surface area contributed by atoms with Gasteiger partial charge in [-0.25, -0.2) is 0 Å². The first-order valence-electron chi connectivity index (χ1n) is 8.00. The van der Waals surface area contributed by atoms with Gasteiger partial charge in [-0.05, 0) is 18.5 Å². The summed E-state index contributed by atoms with van der Waals surface area (Å²) >= 11 is 0. The molecule has 2 amide bonds. The Labute approximate surface area is 131 Å². The summed E-state index contributed by atoms with van der Waals surface area (Å²) in [6.07, 6.45) is 1.82. The molecule has 1 atom stereocenters. The van der Waals surface area contributed by atoms with Crippen LogP contribution in [0.15, 0.2) is 30.3 Å². The Morgan fingerprint density at radius 3 is 2.50 bits per heavy atom. The molecule has 1 aromatic carbocycles. The second-order valence-electron chi connectivity index (χ2n) is 6.17. The van der Waals surface area contributed by atoms with E-state index in [9.17, 15) is 9.59 Å². The first-order chi connectivity index (χ1) is 10.8. The molecule has 0 bridgehead atoms. The lowest BCUT2D eigenvalue weighted by Crippen LogP contribution is -2.50. The van der Waals surface area contributed by atoms with E-state index in [0.29, 0.717) is 26.2 Å². The van der Waals surface area contributed by atoms with E-state index in [0.717, 1.165) is 32.5 Å². The van der Waals surface area contributed by atoms with Crippen LogP contribution in [-0.4, -0.2) is 66.3 Å². The van der Waals surface area contributed by atoms with Crippen LogP contribution in [0, 0.1) is 5.92 Å². The highest BCUT2D eigenvalue weighted by Crippen LogP contribution is 2.21. The summed E-state index contributed by atoms with van der Waals surface area (Å²) < 4.78 is 0. The largest absolute Gasteiger partial charge is 0.342 e. The average molecular weight is 301 g/mol. The highest BCUT2D eigenvalue weighted by Gasteiger charge is 2.32. The number of rotatable bonds is 4. The number of benzene rings is 1. The van der Waals surface area contributed by atoms with E-state index < -0.39 is 0 Å². The molecule has 5 nitrogen and oxygen atoms in total. The number of carbonyl (C=O) groups excluding carboxylic acids is 2. The molecule has 2 aliphatic heterocycles. The van der Waals surface area contributed by atoms with Crippen LogP contribution >= 0.6 is 0 Å². The normalized spacial score (nSPS) is 22.8. The van der Waals surface area contributed by atoms with Gasteiger partial charge in [-0.1, -0.05) is 30.3 Å². The van der Waals surface area contributed by atoms with Gasteiger partial charge >= 0.3 is 0 Å². The number of hydrogen-bond acceptors (Lipinski definition) is 3. The molecule has 1 aromatic rings. The summed E-state index contributed by atoms with van der Waals surface area (Å²) in [7, 11) is 0. The van der Waals surface area contributed by atoms with Crippen LogP contribution in [0.1, 0.15) is 12.0 Å². The van der Waals surface area contributed by atoms with Crippen LogP contribution in [0.3, 0.4) is 0 Å². The summed E-state index contributed by atoms with van der Waals surface area (Å²) in [5, 5.41) is 0. The molecule has 0 radical (unpaired) electrons. The van der Waals surface area contributed by atoms with Crippen LogP contribution in [0.5, 0.6) is 0 Å². The number of amides is 2. The van der Waals surface area contributed by atoms with Gasteiger partial charge in [0.2, 0.25) is 12.3 Å². The monoisotopic (exact) mass is 301 g/mol. The molecule has 1 unspecified atom stereocenters. The molecular formula is C17H23N3O2. The van der Waals surface area contributed by atoms with E-state index in [1.807, 2.05) is 11.0 Å². The average Bonchev–Trinajstić information content (AvgIpc) is 3.04. The van der Waals surface area contributed by atoms with E-state index in [1.54, 1.807) is 4.90 Å². The van der Waals surface area contributed by atoms with Crippen molar-refractivity contribution in [2.24, 2.45) is 5.92 Å². The number of nitrogens with zero attached hydrogens (tertiary/aromatic N) is 3. The van der Waals surface area contributed by atoms with Gasteiger partial charge in [-0.2, -0.15) is 0 Å². The first kappa shape index (κ1) is 15.0. The summed E-state index contributed by atoms with van der Waals surface area (Å²) in [6.45, 7) is 5.43. The van der Waals surface area contributed by atoms with E-state index in [2.05, 4.69) is 29.2 Å². The van der Waals surface area contributed by atoms with E-state index in [-0.39, 0.29) is 11.8 Å². The fourth-order valence-corrected chi connectivity index (χ4v) is 3.33. The zero-order chi connectivity index (χ0) is 15.4. The molecule has 0 aliphatic carbocycles. The SMILES string of the molecule is O=CN1CCN(C(=O)C2CCN(Cc3ccccc3)C2)CC1. The van der Waals surface area contributed by atoms with Crippen LogP contribution in [0.25, 0.3) is 0 Å². The molecule has 22 heavy (non-hydrogen) atoms. The van der Waals surface area contributed by atoms with Crippen LogP contribution < -0.4 is 0 Å². The minimum atomic E-state index is 0.117. The van der Waals surface area contributed by atoms with Gasteiger partial charge in [0.15, 0.2) is 0 Å². The minimum Gasteiger partial charge on any atom is -0.342 e. The predicted octanol–water partition coefficient (Wildman–Crippen LogP) is 0.809. The van der Waals surface area contributed by atoms with Gasteiger partial charge in [0.1, 0.15) is 0 Å². The maximum Gasteiger partial charge on any atom is 0.227 e. The Balaban J connectivity index is 1.50. The molecule has 5 heteroatoms. The fourth-order valence-electron chi connectivity index (χ4n) is 3.33. The minimum absolute atomic E-state index is 0.117. The standard InChI is InChI=1S/C17H23N3O2/c21-14-18-8-10-20(11-9-18)17(22)16-6-7-19(13-16)12-15-4-2-1-3-5-15/h1-5,14,16H,6-13H2. The number of hydrogen-bond donors (Lipinski definition) is 0.